The molecule has 0 atom stereocenters. The molecular weight excluding hydrogens is 943 g/mol. The van der Waals surface area contributed by atoms with Crippen LogP contribution in [0.2, 0.25) is 0 Å². The van der Waals surface area contributed by atoms with Gasteiger partial charge < -0.3 is 0 Å². The summed E-state index contributed by atoms with van der Waals surface area (Å²) in [7, 11) is -5.76. The summed E-state index contributed by atoms with van der Waals surface area (Å²) < 4.78 is 0. The van der Waals surface area contributed by atoms with Gasteiger partial charge in [0.25, 0.3) is 0 Å². The Labute approximate surface area is 449 Å². The van der Waals surface area contributed by atoms with Crippen LogP contribution in [0.25, 0.3) is 33.4 Å². The van der Waals surface area contributed by atoms with E-state index in [0.29, 0.717) is 0 Å². The fraction of sp³-hybridized carbons (Fsp3) is 0. The molecule has 0 bridgehead atoms. The normalized spacial score (nSPS) is 13.7. The summed E-state index contributed by atoms with van der Waals surface area (Å²) >= 11 is 0. The van der Waals surface area contributed by atoms with Gasteiger partial charge in [-0.05, 0) is 74.9 Å². The van der Waals surface area contributed by atoms with Crippen molar-refractivity contribution in [2.45, 2.75) is 0 Å². The van der Waals surface area contributed by atoms with Crippen LogP contribution in [-0.4, -0.2) is 29.6 Å². The Balaban J connectivity index is 1.11. The lowest BCUT2D eigenvalue weighted by atomic mass is 9.33. The van der Waals surface area contributed by atoms with Gasteiger partial charge in [0.2, 0.25) is 13.4 Å². The molecule has 76 heavy (non-hydrogen) atoms. The van der Waals surface area contributed by atoms with E-state index in [2.05, 4.69) is 315 Å². The molecule has 12 aromatic carbocycles. The van der Waals surface area contributed by atoms with Gasteiger partial charge in [-0.2, -0.15) is 0 Å². The second kappa shape index (κ2) is 19.2. The Morgan fingerprint density at radius 2 is 0.408 bits per heavy atom. The molecule has 4 heteroatoms. The molecule has 0 saturated carbocycles. The van der Waals surface area contributed by atoms with Crippen LogP contribution >= 0.6 is 0 Å². The Bertz CT molecular complexity index is 3610. The van der Waals surface area contributed by atoms with Crippen LogP contribution in [0.3, 0.4) is 0 Å². The smallest absolute Gasteiger partial charge is 0.0682 e. The van der Waals surface area contributed by atoms with Gasteiger partial charge in [-0.15, -0.1) is 0 Å². The summed E-state index contributed by atoms with van der Waals surface area (Å²) in [4.78, 5) is 0. The van der Waals surface area contributed by atoms with E-state index < -0.39 is 16.1 Å². The molecule has 2 aliphatic rings. The number of benzene rings is 12. The highest BCUT2D eigenvalue weighted by molar-refractivity contribution is 7.27. The van der Waals surface area contributed by atoms with Crippen molar-refractivity contribution in [3.8, 4) is 33.4 Å². The minimum atomic E-state index is -2.88. The summed E-state index contributed by atoms with van der Waals surface area (Å²) in [5.74, 6) is 0. The van der Waals surface area contributed by atoms with Crippen LogP contribution in [-0.2, 0) is 0 Å². The maximum Gasteiger partial charge on any atom is 0.242 e. The van der Waals surface area contributed by atoms with Gasteiger partial charge in [0.05, 0.1) is 0 Å². The van der Waals surface area contributed by atoms with Gasteiger partial charge in [-0.1, -0.05) is 348 Å². The topological polar surface area (TPSA) is 0 Å². The van der Waals surface area contributed by atoms with Gasteiger partial charge in [-0.25, -0.2) is 0 Å². The Morgan fingerprint density at radius 3 is 0.684 bits per heavy atom. The zero-order valence-corrected chi connectivity index (χ0v) is 44.2. The van der Waals surface area contributed by atoms with Crippen molar-refractivity contribution in [1.29, 1.82) is 0 Å². The van der Waals surface area contributed by atoms with E-state index in [4.69, 9.17) is 0 Å². The summed E-state index contributed by atoms with van der Waals surface area (Å²) in [5.41, 5.74) is 15.6. The molecule has 0 radical (unpaired) electrons. The van der Waals surface area contributed by atoms with Crippen LogP contribution in [0.5, 0.6) is 0 Å². The third-order valence-corrected chi connectivity index (χ3v) is 26.6. The van der Waals surface area contributed by atoms with E-state index in [1.165, 1.54) is 108 Å². The van der Waals surface area contributed by atoms with Crippen molar-refractivity contribution in [3.05, 3.63) is 315 Å². The molecule has 0 amide bonds. The minimum absolute atomic E-state index is 0.0952. The van der Waals surface area contributed by atoms with Gasteiger partial charge >= 0.3 is 0 Å². The fourth-order valence-electron chi connectivity index (χ4n) is 13.9. The van der Waals surface area contributed by atoms with E-state index in [1.807, 2.05) is 0 Å². The van der Waals surface area contributed by atoms with Crippen LogP contribution in [0.4, 0.5) is 0 Å². The van der Waals surface area contributed by atoms with E-state index in [-0.39, 0.29) is 13.4 Å². The maximum absolute atomic E-state index is 2.88. The van der Waals surface area contributed by atoms with Crippen molar-refractivity contribution in [2.24, 2.45) is 0 Å². The van der Waals surface area contributed by atoms with Crippen molar-refractivity contribution in [1.82, 2.24) is 0 Å². The maximum atomic E-state index is 2.47. The molecule has 0 N–H and O–H groups in total. The first-order chi connectivity index (χ1) is 37.8. The van der Waals surface area contributed by atoms with Gasteiger partial charge in [0.1, 0.15) is 0 Å². The summed E-state index contributed by atoms with van der Waals surface area (Å²) in [6.45, 7) is -0.190. The quantitative estimate of drug-likeness (QED) is 0.136. The number of rotatable bonds is 9. The molecule has 0 nitrogen and oxygen atoms in total. The number of hydrogen-bond donors (Lipinski definition) is 0. The van der Waals surface area contributed by atoms with Gasteiger partial charge in [0.15, 0.2) is 16.1 Å². The number of hydrogen-bond acceptors (Lipinski definition) is 0. The zero-order chi connectivity index (χ0) is 50.5. The van der Waals surface area contributed by atoms with Crippen molar-refractivity contribution < 1.29 is 0 Å². The highest BCUT2D eigenvalue weighted by Gasteiger charge is 2.52. The minimum Gasteiger partial charge on any atom is -0.0682 e. The first-order valence-corrected chi connectivity index (χ1v) is 30.7. The molecule has 0 unspecified atom stereocenters. The van der Waals surface area contributed by atoms with E-state index >= 15 is 0 Å². The second-order valence-corrected chi connectivity index (χ2v) is 27.9. The first-order valence-electron chi connectivity index (χ1n) is 26.7. The fourth-order valence-corrected chi connectivity index (χ4v) is 24.4. The standard InChI is InChI=1S/C72H52B2Si2/c1-7-29-53(30-8-1)59-41-27-43-61(71(59)73-63-45-19-23-49-67(63)75(55-33-11-3-12-34-55,56-35-13-4-14-36-56)68-50-24-20-46-64(68)73)62-44-28-42-60(54-31-9-2-10-32-54)72(62)74-65-47-21-25-51-69(65)76(57-37-15-5-16-38-57,58-39-17-6-18-40-58)70-52-26-22-48-66(70)74/h1-52H. The summed E-state index contributed by atoms with van der Waals surface area (Å²) in [5, 5.41) is 11.4. The Morgan fingerprint density at radius 1 is 0.184 bits per heavy atom. The first kappa shape index (κ1) is 45.8. The highest BCUT2D eigenvalue weighted by atomic mass is 28.3. The van der Waals surface area contributed by atoms with Crippen molar-refractivity contribution in [3.63, 3.8) is 0 Å². The molecule has 0 fully saturated rings. The van der Waals surface area contributed by atoms with Crippen molar-refractivity contribution in [2.75, 3.05) is 0 Å². The lowest BCUT2D eigenvalue weighted by Crippen LogP contribution is -2.87. The largest absolute Gasteiger partial charge is 0.242 e. The lowest BCUT2D eigenvalue weighted by Gasteiger charge is -2.44. The molecule has 0 aromatic heterocycles. The molecule has 14 rings (SSSR count). The van der Waals surface area contributed by atoms with E-state index in [1.54, 1.807) is 0 Å². The predicted molar refractivity (Wildman–Crippen MR) is 332 cm³/mol. The SMILES string of the molecule is c1ccc(-c2cccc(-c3cccc(-c4ccccc4)c3B3c4ccccc4[Si](c4ccccc4)(c4ccccc4)c4ccccc43)c2B2c3ccccc3[Si](c3ccccc3)(c3ccccc3)c3ccccc32)cc1. The summed E-state index contributed by atoms with van der Waals surface area (Å²) in [6, 6.07) is 120. The summed E-state index contributed by atoms with van der Waals surface area (Å²) in [6.07, 6.45) is 0. The van der Waals surface area contributed by atoms with Crippen molar-refractivity contribution >= 4 is 104 Å². The van der Waals surface area contributed by atoms with Gasteiger partial charge in [-0.3, -0.25) is 0 Å². The number of fused-ring (bicyclic) bond motifs is 4. The monoisotopic (exact) mass is 994 g/mol. The molecule has 354 valence electrons. The Kier molecular flexibility index (Phi) is 11.5. The third kappa shape index (κ3) is 7.05. The van der Waals surface area contributed by atoms with Crippen LogP contribution in [0.15, 0.2) is 315 Å². The molecular formula is C72H52B2Si2. The molecule has 0 aliphatic carbocycles. The zero-order valence-electron chi connectivity index (χ0n) is 42.2. The van der Waals surface area contributed by atoms with Crippen LogP contribution < -0.4 is 74.3 Å². The molecule has 2 aliphatic heterocycles. The molecule has 2 heterocycles. The van der Waals surface area contributed by atoms with Crippen LogP contribution in [0.1, 0.15) is 0 Å². The predicted octanol–water partition coefficient (Wildman–Crippen LogP) is 7.10. The second-order valence-electron chi connectivity index (χ2n) is 20.4. The van der Waals surface area contributed by atoms with Gasteiger partial charge in [0, 0.05) is 0 Å². The molecule has 0 spiro atoms. The van der Waals surface area contributed by atoms with Crippen LogP contribution in [0, 0.1) is 0 Å². The lowest BCUT2D eigenvalue weighted by molar-refractivity contribution is 1.60. The molecule has 12 aromatic rings. The van der Waals surface area contributed by atoms with E-state index in [0.717, 1.165) is 0 Å². The average Bonchev–Trinajstić information content (AvgIpc) is 3.68. The third-order valence-electron chi connectivity index (χ3n) is 16.8. The van der Waals surface area contributed by atoms with E-state index in [9.17, 15) is 0 Å². The molecule has 0 saturated heterocycles. The average molecular weight is 995 g/mol. The highest BCUT2D eigenvalue weighted by Crippen LogP contribution is 2.30. The Hall–Kier alpha value is -8.80.